The Morgan fingerprint density at radius 3 is 2.10 bits per heavy atom. The molecule has 0 bridgehead atoms. The van der Waals surface area contributed by atoms with E-state index in [1.807, 2.05) is 6.20 Å². The van der Waals surface area contributed by atoms with Crippen molar-refractivity contribution in [2.45, 2.75) is 59.4 Å². The van der Waals surface area contributed by atoms with Crippen molar-refractivity contribution < 1.29 is 21.1 Å². The fraction of sp³-hybridized carbons (Fsp3) is 0.222. The summed E-state index contributed by atoms with van der Waals surface area (Å²) in [5.41, 5.74) is 12.5. The molecule has 1 aliphatic rings. The Balaban J connectivity index is 0.00000392. The molecule has 252 valence electrons. The summed E-state index contributed by atoms with van der Waals surface area (Å²) in [4.78, 5) is 9.80. The first-order chi connectivity index (χ1) is 23.5. The number of para-hydroxylation sites is 3. The summed E-state index contributed by atoms with van der Waals surface area (Å²) in [6, 6.07) is 47.0. The Labute approximate surface area is 310 Å². The Kier molecular flexibility index (Phi) is 8.51. The second-order valence-electron chi connectivity index (χ2n) is 14.9. The van der Waals surface area contributed by atoms with E-state index >= 15 is 0 Å². The Hall–Kier alpha value is -4.66. The zero-order chi connectivity index (χ0) is 34.1. The largest absolute Gasteiger partial charge is 2.00 e. The molecule has 7 aromatic rings. The Bertz CT molecular complexity index is 2360. The average Bonchev–Trinajstić information content (AvgIpc) is 3.65. The molecular formula is C45H42N4Pt. The zero-order valence-corrected chi connectivity index (χ0v) is 32.1. The number of aryl methyl sites for hydroxylation is 2. The van der Waals surface area contributed by atoms with Crippen LogP contribution in [0.5, 0.6) is 0 Å². The molecule has 50 heavy (non-hydrogen) atoms. The SMILES string of the molecule is Cc1cccc(C)c1-c1ccnc(-n2c3[c-]c(C(C)(C)c4[c-]c(N5CN(C(C)(C)C)c6ccccc65)ccc4)ccc3c3ccccc32)c1.[Pt+2]. The van der Waals surface area contributed by atoms with Gasteiger partial charge in [-0.2, -0.15) is 47.5 Å². The van der Waals surface area contributed by atoms with Gasteiger partial charge < -0.3 is 14.4 Å². The van der Waals surface area contributed by atoms with E-state index in [0.717, 1.165) is 40.3 Å². The van der Waals surface area contributed by atoms with Gasteiger partial charge in [-0.3, -0.25) is 0 Å². The predicted octanol–water partition coefficient (Wildman–Crippen LogP) is 11.1. The molecule has 0 radical (unpaired) electrons. The molecule has 4 nitrogen and oxygen atoms in total. The minimum atomic E-state index is -0.359. The molecule has 0 fully saturated rings. The van der Waals surface area contributed by atoms with Crippen LogP contribution in [0.1, 0.15) is 56.9 Å². The third-order valence-electron chi connectivity index (χ3n) is 10.3. The molecule has 8 rings (SSSR count). The van der Waals surface area contributed by atoms with Crippen molar-refractivity contribution in [2.24, 2.45) is 0 Å². The van der Waals surface area contributed by atoms with Crippen molar-refractivity contribution >= 4 is 38.9 Å². The van der Waals surface area contributed by atoms with E-state index in [1.165, 1.54) is 44.4 Å². The number of hydrogen-bond donors (Lipinski definition) is 0. The summed E-state index contributed by atoms with van der Waals surface area (Å²) >= 11 is 0. The molecule has 5 heteroatoms. The smallest absolute Gasteiger partial charge is 0.347 e. The Morgan fingerprint density at radius 1 is 0.660 bits per heavy atom. The number of aromatic nitrogens is 2. The molecule has 0 saturated heterocycles. The second-order valence-corrected chi connectivity index (χ2v) is 14.9. The first-order valence-electron chi connectivity index (χ1n) is 17.2. The summed E-state index contributed by atoms with van der Waals surface area (Å²) in [7, 11) is 0. The molecule has 3 heterocycles. The quantitative estimate of drug-likeness (QED) is 0.162. The zero-order valence-electron chi connectivity index (χ0n) is 29.8. The van der Waals surface area contributed by atoms with Crippen LogP contribution in [-0.2, 0) is 26.5 Å². The van der Waals surface area contributed by atoms with Crippen LogP contribution in [0.4, 0.5) is 17.1 Å². The van der Waals surface area contributed by atoms with Crippen LogP contribution in [0, 0.1) is 26.0 Å². The summed E-state index contributed by atoms with van der Waals surface area (Å²) in [6.45, 7) is 16.5. The van der Waals surface area contributed by atoms with Gasteiger partial charge in [0.15, 0.2) is 0 Å². The number of fused-ring (bicyclic) bond motifs is 4. The molecular weight excluding hydrogens is 792 g/mol. The minimum Gasteiger partial charge on any atom is -0.347 e. The van der Waals surface area contributed by atoms with Gasteiger partial charge in [0.1, 0.15) is 5.82 Å². The average molecular weight is 834 g/mol. The van der Waals surface area contributed by atoms with Gasteiger partial charge in [0.2, 0.25) is 0 Å². The van der Waals surface area contributed by atoms with Crippen LogP contribution in [0.25, 0.3) is 38.8 Å². The van der Waals surface area contributed by atoms with Crippen molar-refractivity contribution in [3.63, 3.8) is 0 Å². The van der Waals surface area contributed by atoms with E-state index in [-0.39, 0.29) is 32.0 Å². The number of pyridine rings is 1. The second kappa shape index (κ2) is 12.6. The monoisotopic (exact) mass is 833 g/mol. The molecule has 0 aliphatic carbocycles. The summed E-state index contributed by atoms with van der Waals surface area (Å²) in [5.74, 6) is 0.891. The van der Waals surface area contributed by atoms with Gasteiger partial charge in [-0.25, -0.2) is 4.98 Å². The molecule has 1 aliphatic heterocycles. The molecule has 0 spiro atoms. The first-order valence-corrected chi connectivity index (χ1v) is 17.2. The normalized spacial score (nSPS) is 13.2. The maximum atomic E-state index is 4.94. The van der Waals surface area contributed by atoms with Gasteiger partial charge in [-0.1, -0.05) is 73.6 Å². The standard InChI is InChI=1S/C45H42N4.Pt/c1-30-14-12-15-31(2)43(30)32-24-25-46-42(26-32)49-38-19-9-8-18-36(38)37-23-22-34(28-41(37)49)45(6,7)33-16-13-17-35(27-33)47-29-48(44(3,4)5)40-21-11-10-20-39(40)47;/h8-26H,29H2,1-7H3;/q-2;+2. The van der Waals surface area contributed by atoms with Crippen LogP contribution in [0.3, 0.4) is 0 Å². The van der Waals surface area contributed by atoms with E-state index < -0.39 is 0 Å². The van der Waals surface area contributed by atoms with Gasteiger partial charge in [0.25, 0.3) is 0 Å². The van der Waals surface area contributed by atoms with Crippen LogP contribution < -0.4 is 9.80 Å². The van der Waals surface area contributed by atoms with Crippen LogP contribution in [0.15, 0.2) is 115 Å². The predicted molar refractivity (Wildman–Crippen MR) is 205 cm³/mol. The van der Waals surface area contributed by atoms with Crippen molar-refractivity contribution in [3.8, 4) is 16.9 Å². The van der Waals surface area contributed by atoms with Crippen molar-refractivity contribution in [1.82, 2.24) is 9.55 Å². The molecule has 0 N–H and O–H groups in total. The van der Waals surface area contributed by atoms with Crippen molar-refractivity contribution in [3.05, 3.63) is 150 Å². The molecule has 0 saturated carbocycles. The molecule has 2 aromatic heterocycles. The maximum absolute atomic E-state index is 4.94. The van der Waals surface area contributed by atoms with E-state index in [4.69, 9.17) is 4.98 Å². The van der Waals surface area contributed by atoms with E-state index in [9.17, 15) is 0 Å². The van der Waals surface area contributed by atoms with E-state index in [2.05, 4.69) is 184 Å². The van der Waals surface area contributed by atoms with Crippen LogP contribution in [0.2, 0.25) is 0 Å². The van der Waals surface area contributed by atoms with Gasteiger partial charge in [0.05, 0.1) is 18.0 Å². The van der Waals surface area contributed by atoms with Gasteiger partial charge in [-0.05, 0) is 98.0 Å². The minimum absolute atomic E-state index is 0. The number of hydrogen-bond acceptors (Lipinski definition) is 3. The number of nitrogens with zero attached hydrogens (tertiary/aromatic N) is 4. The third-order valence-corrected chi connectivity index (χ3v) is 10.3. The summed E-state index contributed by atoms with van der Waals surface area (Å²) < 4.78 is 2.28. The molecule has 0 atom stereocenters. The number of anilines is 3. The van der Waals surface area contributed by atoms with Crippen molar-refractivity contribution in [2.75, 3.05) is 16.5 Å². The fourth-order valence-electron chi connectivity index (χ4n) is 7.58. The number of benzene rings is 5. The fourth-order valence-corrected chi connectivity index (χ4v) is 7.58. The molecule has 0 amide bonds. The summed E-state index contributed by atoms with van der Waals surface area (Å²) in [5, 5.41) is 2.37. The molecule has 5 aromatic carbocycles. The maximum Gasteiger partial charge on any atom is 2.00 e. The van der Waals surface area contributed by atoms with Crippen LogP contribution in [-0.4, -0.2) is 21.8 Å². The van der Waals surface area contributed by atoms with Crippen molar-refractivity contribution in [1.29, 1.82) is 0 Å². The van der Waals surface area contributed by atoms with E-state index in [0.29, 0.717) is 0 Å². The first kappa shape index (κ1) is 33.8. The number of rotatable bonds is 5. The van der Waals surface area contributed by atoms with Gasteiger partial charge >= 0.3 is 21.1 Å². The van der Waals surface area contributed by atoms with Gasteiger partial charge in [0, 0.05) is 17.3 Å². The molecule has 0 unspecified atom stereocenters. The Morgan fingerprint density at radius 2 is 1.34 bits per heavy atom. The van der Waals surface area contributed by atoms with E-state index in [1.54, 1.807) is 0 Å². The topological polar surface area (TPSA) is 24.3 Å². The van der Waals surface area contributed by atoms with Crippen LogP contribution >= 0.6 is 0 Å². The third kappa shape index (κ3) is 5.55. The van der Waals surface area contributed by atoms with Gasteiger partial charge in [-0.15, -0.1) is 11.5 Å². The summed E-state index contributed by atoms with van der Waals surface area (Å²) in [6.07, 6.45) is 1.93.